The van der Waals surface area contributed by atoms with Gasteiger partial charge in [0.2, 0.25) is 5.91 Å². The van der Waals surface area contributed by atoms with Gasteiger partial charge in [-0.3, -0.25) is 9.59 Å². The van der Waals surface area contributed by atoms with Gasteiger partial charge >= 0.3 is 5.97 Å². The lowest BCUT2D eigenvalue weighted by atomic mass is 10.1. The lowest BCUT2D eigenvalue weighted by molar-refractivity contribution is -0.138. The van der Waals surface area contributed by atoms with Gasteiger partial charge in [0.25, 0.3) is 0 Å². The summed E-state index contributed by atoms with van der Waals surface area (Å²) in [5, 5.41) is 11.3. The number of benzene rings is 1. The average molecular weight is 222 g/mol. The van der Waals surface area contributed by atoms with Gasteiger partial charge in [-0.25, -0.2) is 0 Å². The Bertz CT molecular complexity index is 387. The van der Waals surface area contributed by atoms with Crippen LogP contribution in [0, 0.1) is 0 Å². The molecule has 5 nitrogen and oxygen atoms in total. The zero-order chi connectivity index (χ0) is 12.1. The number of amides is 1. The Morgan fingerprint density at radius 1 is 1.38 bits per heavy atom. The van der Waals surface area contributed by atoms with Gasteiger partial charge < -0.3 is 16.2 Å². The van der Waals surface area contributed by atoms with Gasteiger partial charge in [-0.2, -0.15) is 0 Å². The number of carboxylic acid groups (broad SMARTS) is 1. The summed E-state index contributed by atoms with van der Waals surface area (Å²) in [6.07, 6.45) is 0.273. The van der Waals surface area contributed by atoms with Gasteiger partial charge in [-0.05, 0) is 24.1 Å². The summed E-state index contributed by atoms with van der Waals surface area (Å²) in [5.74, 6) is -1.17. The van der Waals surface area contributed by atoms with Crippen LogP contribution in [-0.4, -0.2) is 23.0 Å². The van der Waals surface area contributed by atoms with E-state index in [1.807, 2.05) is 0 Å². The fraction of sp³-hybridized carbons (Fsp3) is 0.273. The van der Waals surface area contributed by atoms with Crippen molar-refractivity contribution in [1.29, 1.82) is 0 Å². The van der Waals surface area contributed by atoms with Gasteiger partial charge in [0, 0.05) is 12.6 Å². The van der Waals surface area contributed by atoms with Gasteiger partial charge in [-0.15, -0.1) is 0 Å². The average Bonchev–Trinajstić information content (AvgIpc) is 2.20. The van der Waals surface area contributed by atoms with E-state index in [1.165, 1.54) is 6.92 Å². The largest absolute Gasteiger partial charge is 0.480 e. The number of rotatable bonds is 4. The predicted molar refractivity (Wildman–Crippen MR) is 60.1 cm³/mol. The molecule has 0 bridgehead atoms. The van der Waals surface area contributed by atoms with Crippen molar-refractivity contribution in [2.24, 2.45) is 5.73 Å². The molecule has 0 saturated heterocycles. The Labute approximate surface area is 93.3 Å². The number of carbonyl (C=O) groups excluding carboxylic acids is 1. The second-order valence-electron chi connectivity index (χ2n) is 3.53. The molecule has 1 rings (SSSR count). The maximum absolute atomic E-state index is 10.8. The van der Waals surface area contributed by atoms with Crippen LogP contribution in [-0.2, 0) is 16.0 Å². The summed E-state index contributed by atoms with van der Waals surface area (Å²) in [6, 6.07) is 6.02. The van der Waals surface area contributed by atoms with E-state index < -0.39 is 12.0 Å². The van der Waals surface area contributed by atoms with Crippen molar-refractivity contribution < 1.29 is 14.7 Å². The molecule has 0 aliphatic rings. The first-order valence-electron chi connectivity index (χ1n) is 4.84. The fourth-order valence-electron chi connectivity index (χ4n) is 1.27. The topological polar surface area (TPSA) is 92.4 Å². The minimum Gasteiger partial charge on any atom is -0.480 e. The molecule has 0 heterocycles. The molecule has 1 amide bonds. The summed E-state index contributed by atoms with van der Waals surface area (Å²) in [4.78, 5) is 21.3. The molecule has 0 aliphatic carbocycles. The molecule has 1 aromatic rings. The van der Waals surface area contributed by atoms with Crippen molar-refractivity contribution in [2.75, 3.05) is 5.32 Å². The van der Waals surface area contributed by atoms with Crippen LogP contribution in [0.4, 0.5) is 5.69 Å². The molecule has 1 aromatic carbocycles. The third-order valence-electron chi connectivity index (χ3n) is 2.05. The monoisotopic (exact) mass is 222 g/mol. The molecule has 0 radical (unpaired) electrons. The number of aliphatic carboxylic acids is 1. The first-order chi connectivity index (χ1) is 7.49. The molecule has 0 aromatic heterocycles. The number of carboxylic acids is 1. The minimum absolute atomic E-state index is 0.144. The maximum atomic E-state index is 10.8. The normalized spacial score (nSPS) is 11.9. The highest BCUT2D eigenvalue weighted by molar-refractivity contribution is 5.88. The first kappa shape index (κ1) is 12.2. The Kier molecular flexibility index (Phi) is 4.02. The minimum atomic E-state index is -1.02. The lowest BCUT2D eigenvalue weighted by Crippen LogP contribution is -2.32. The maximum Gasteiger partial charge on any atom is 0.320 e. The van der Waals surface area contributed by atoms with E-state index in [0.29, 0.717) is 5.69 Å². The third kappa shape index (κ3) is 3.70. The van der Waals surface area contributed by atoms with Crippen LogP contribution in [0.1, 0.15) is 12.5 Å². The smallest absolute Gasteiger partial charge is 0.320 e. The SMILES string of the molecule is CC(=O)Nc1ccc(C[C@@H](N)C(=O)O)cc1. The fourth-order valence-corrected chi connectivity index (χ4v) is 1.27. The second kappa shape index (κ2) is 5.27. The Morgan fingerprint density at radius 2 is 1.94 bits per heavy atom. The highest BCUT2D eigenvalue weighted by Crippen LogP contribution is 2.10. The van der Waals surface area contributed by atoms with E-state index in [-0.39, 0.29) is 12.3 Å². The van der Waals surface area contributed by atoms with Crippen LogP contribution < -0.4 is 11.1 Å². The van der Waals surface area contributed by atoms with Crippen LogP contribution in [0.15, 0.2) is 24.3 Å². The quantitative estimate of drug-likeness (QED) is 0.695. The molecule has 0 saturated carbocycles. The number of carbonyl (C=O) groups is 2. The Balaban J connectivity index is 2.64. The summed E-state index contributed by atoms with van der Waals surface area (Å²) in [7, 11) is 0. The zero-order valence-corrected chi connectivity index (χ0v) is 8.93. The first-order valence-corrected chi connectivity index (χ1v) is 4.84. The molecule has 16 heavy (non-hydrogen) atoms. The van der Waals surface area contributed by atoms with E-state index in [0.717, 1.165) is 5.56 Å². The van der Waals surface area contributed by atoms with Gasteiger partial charge in [0.15, 0.2) is 0 Å². The van der Waals surface area contributed by atoms with Crippen LogP contribution in [0.25, 0.3) is 0 Å². The Hall–Kier alpha value is -1.88. The number of hydrogen-bond donors (Lipinski definition) is 3. The van der Waals surface area contributed by atoms with Crippen molar-refractivity contribution in [3.8, 4) is 0 Å². The number of anilines is 1. The summed E-state index contributed by atoms with van der Waals surface area (Å²) >= 11 is 0. The molecule has 1 atom stereocenters. The highest BCUT2D eigenvalue weighted by Gasteiger charge is 2.11. The van der Waals surface area contributed by atoms with Crippen molar-refractivity contribution in [3.05, 3.63) is 29.8 Å². The standard InChI is InChI=1S/C11H14N2O3/c1-7(14)13-9-4-2-8(3-5-9)6-10(12)11(15)16/h2-5,10H,6,12H2,1H3,(H,13,14)(H,15,16)/t10-/m1/s1. The van der Waals surface area contributed by atoms with Crippen molar-refractivity contribution in [2.45, 2.75) is 19.4 Å². The van der Waals surface area contributed by atoms with Gasteiger partial charge in [0.1, 0.15) is 6.04 Å². The van der Waals surface area contributed by atoms with Crippen LogP contribution in [0.5, 0.6) is 0 Å². The molecule has 0 unspecified atom stereocenters. The second-order valence-corrected chi connectivity index (χ2v) is 3.53. The van der Waals surface area contributed by atoms with Crippen molar-refractivity contribution >= 4 is 17.6 Å². The predicted octanol–water partition coefficient (Wildman–Crippen LogP) is 0.599. The summed E-state index contributed by atoms with van der Waals surface area (Å²) < 4.78 is 0. The van der Waals surface area contributed by atoms with Crippen LogP contribution >= 0.6 is 0 Å². The molecule has 0 fully saturated rings. The van der Waals surface area contributed by atoms with E-state index in [1.54, 1.807) is 24.3 Å². The van der Waals surface area contributed by atoms with Gasteiger partial charge in [-0.1, -0.05) is 12.1 Å². The number of hydrogen-bond acceptors (Lipinski definition) is 3. The summed E-state index contributed by atoms with van der Waals surface area (Å²) in [5.41, 5.74) is 6.90. The van der Waals surface area contributed by atoms with Crippen LogP contribution in [0.2, 0.25) is 0 Å². The summed E-state index contributed by atoms with van der Waals surface area (Å²) in [6.45, 7) is 1.42. The molecule has 5 heteroatoms. The zero-order valence-electron chi connectivity index (χ0n) is 8.93. The number of nitrogens with one attached hydrogen (secondary N) is 1. The molecule has 4 N–H and O–H groups in total. The number of nitrogens with two attached hydrogens (primary N) is 1. The molecular weight excluding hydrogens is 208 g/mol. The van der Waals surface area contributed by atoms with Crippen molar-refractivity contribution in [3.63, 3.8) is 0 Å². The highest BCUT2D eigenvalue weighted by atomic mass is 16.4. The van der Waals surface area contributed by atoms with E-state index in [2.05, 4.69) is 5.32 Å². The van der Waals surface area contributed by atoms with Crippen molar-refractivity contribution in [1.82, 2.24) is 0 Å². The van der Waals surface area contributed by atoms with E-state index >= 15 is 0 Å². The molecule has 86 valence electrons. The Morgan fingerprint density at radius 3 is 2.38 bits per heavy atom. The molecular formula is C11H14N2O3. The van der Waals surface area contributed by atoms with E-state index in [4.69, 9.17) is 10.8 Å². The van der Waals surface area contributed by atoms with E-state index in [9.17, 15) is 9.59 Å². The van der Waals surface area contributed by atoms with Gasteiger partial charge in [0.05, 0.1) is 0 Å². The molecule has 0 aliphatic heterocycles. The third-order valence-corrected chi connectivity index (χ3v) is 2.05. The molecule has 0 spiro atoms. The lowest BCUT2D eigenvalue weighted by Gasteiger charge is -2.07. The van der Waals surface area contributed by atoms with Crippen LogP contribution in [0.3, 0.4) is 0 Å².